The van der Waals surface area contributed by atoms with Crippen molar-refractivity contribution >= 4 is 5.95 Å². The van der Waals surface area contributed by atoms with Gasteiger partial charge in [0.05, 0.1) is 20.3 Å². The predicted molar refractivity (Wildman–Crippen MR) is 97.9 cm³/mol. The fourth-order valence-corrected chi connectivity index (χ4v) is 3.31. The van der Waals surface area contributed by atoms with Crippen LogP contribution in [0.4, 0.5) is 5.95 Å². The van der Waals surface area contributed by atoms with E-state index in [-0.39, 0.29) is 6.04 Å². The minimum atomic E-state index is 0.258. The van der Waals surface area contributed by atoms with Gasteiger partial charge in [-0.1, -0.05) is 12.1 Å². The van der Waals surface area contributed by atoms with Crippen LogP contribution in [0, 0.1) is 0 Å². The molecular weight excluding hydrogens is 332 g/mol. The maximum absolute atomic E-state index is 5.91. The number of anilines is 1. The molecule has 0 saturated carbocycles. The number of benzene rings is 1. The highest BCUT2D eigenvalue weighted by molar-refractivity contribution is 5.48. The molecule has 1 saturated heterocycles. The monoisotopic (exact) mass is 356 g/mol. The van der Waals surface area contributed by atoms with Crippen LogP contribution in [0.1, 0.15) is 11.1 Å². The number of morpholine rings is 1. The second-order valence-corrected chi connectivity index (χ2v) is 6.53. The van der Waals surface area contributed by atoms with E-state index in [0.29, 0.717) is 6.61 Å². The highest BCUT2D eigenvalue weighted by Crippen LogP contribution is 2.34. The predicted octanol–water partition coefficient (Wildman–Crippen LogP) is 1.42. The molecule has 7 heteroatoms. The molecule has 1 unspecified atom stereocenters. The van der Waals surface area contributed by atoms with E-state index in [0.717, 1.165) is 62.3 Å². The van der Waals surface area contributed by atoms with E-state index in [1.807, 2.05) is 24.5 Å². The van der Waals surface area contributed by atoms with E-state index >= 15 is 0 Å². The first-order valence-electron chi connectivity index (χ1n) is 8.99. The third-order valence-electron chi connectivity index (χ3n) is 4.76. The Hall–Kier alpha value is -2.38. The van der Waals surface area contributed by atoms with E-state index in [9.17, 15) is 0 Å². The molecule has 0 radical (unpaired) electrons. The summed E-state index contributed by atoms with van der Waals surface area (Å²) in [4.78, 5) is 11.1. The highest BCUT2D eigenvalue weighted by Gasteiger charge is 2.22. The van der Waals surface area contributed by atoms with Crippen LogP contribution >= 0.6 is 0 Å². The summed E-state index contributed by atoms with van der Waals surface area (Å²) in [6.45, 7) is 4.51. The van der Waals surface area contributed by atoms with E-state index in [2.05, 4.69) is 26.3 Å². The number of rotatable bonds is 5. The zero-order valence-electron chi connectivity index (χ0n) is 15.0. The molecule has 2 aliphatic rings. The van der Waals surface area contributed by atoms with Crippen molar-refractivity contribution in [2.45, 2.75) is 19.0 Å². The molecule has 2 aromatic rings. The van der Waals surface area contributed by atoms with Crippen LogP contribution in [0.2, 0.25) is 0 Å². The van der Waals surface area contributed by atoms with Gasteiger partial charge in [0.2, 0.25) is 5.95 Å². The Labute approximate surface area is 153 Å². The van der Waals surface area contributed by atoms with Gasteiger partial charge in [-0.15, -0.1) is 0 Å². The van der Waals surface area contributed by atoms with Crippen molar-refractivity contribution < 1.29 is 14.2 Å². The number of para-hydroxylation sites is 1. The molecule has 138 valence electrons. The molecule has 0 aliphatic carbocycles. The summed E-state index contributed by atoms with van der Waals surface area (Å²) in [5.74, 6) is 2.44. The number of nitrogens with zero attached hydrogens (tertiary/aromatic N) is 3. The van der Waals surface area contributed by atoms with Crippen LogP contribution < -0.4 is 19.7 Å². The van der Waals surface area contributed by atoms with Gasteiger partial charge in [-0.05, 0) is 18.1 Å². The van der Waals surface area contributed by atoms with Gasteiger partial charge in [0.1, 0.15) is 6.61 Å². The van der Waals surface area contributed by atoms with Crippen molar-refractivity contribution in [1.29, 1.82) is 0 Å². The maximum atomic E-state index is 5.91. The lowest BCUT2D eigenvalue weighted by atomic mass is 10.0. The third kappa shape index (κ3) is 3.73. The number of hydrogen-bond donors (Lipinski definition) is 1. The summed E-state index contributed by atoms with van der Waals surface area (Å²) in [6, 6.07) is 6.28. The van der Waals surface area contributed by atoms with Crippen molar-refractivity contribution in [3.63, 3.8) is 0 Å². The van der Waals surface area contributed by atoms with E-state index in [1.165, 1.54) is 5.56 Å². The normalized spacial score (nSPS) is 19.6. The van der Waals surface area contributed by atoms with Gasteiger partial charge in [-0.25, -0.2) is 9.97 Å². The van der Waals surface area contributed by atoms with Crippen molar-refractivity contribution in [2.75, 3.05) is 44.9 Å². The standard InChI is InChI=1S/C19H24N4O3/c1-24-17-4-2-3-15-9-16(13-26-18(15)17)20-10-14-11-21-19(22-12-14)23-5-7-25-8-6-23/h2-4,11-12,16,20H,5-10,13H2,1H3. The Morgan fingerprint density at radius 2 is 2.04 bits per heavy atom. The summed E-state index contributed by atoms with van der Waals surface area (Å²) < 4.78 is 16.6. The van der Waals surface area contributed by atoms with Crippen LogP contribution in [0.3, 0.4) is 0 Å². The van der Waals surface area contributed by atoms with Crippen molar-refractivity contribution in [3.05, 3.63) is 41.7 Å². The van der Waals surface area contributed by atoms with E-state index in [1.54, 1.807) is 7.11 Å². The number of aromatic nitrogens is 2. The molecule has 1 aromatic heterocycles. The lowest BCUT2D eigenvalue weighted by molar-refractivity contribution is 0.122. The third-order valence-corrected chi connectivity index (χ3v) is 4.76. The molecule has 4 rings (SSSR count). The molecule has 1 aromatic carbocycles. The lowest BCUT2D eigenvalue weighted by Crippen LogP contribution is -2.39. The van der Waals surface area contributed by atoms with Gasteiger partial charge >= 0.3 is 0 Å². The summed E-state index contributed by atoms with van der Waals surface area (Å²) in [5, 5.41) is 3.54. The van der Waals surface area contributed by atoms with Gasteiger partial charge in [0, 0.05) is 43.6 Å². The molecule has 1 atom stereocenters. The molecule has 3 heterocycles. The Bertz CT molecular complexity index is 732. The number of hydrogen-bond acceptors (Lipinski definition) is 7. The van der Waals surface area contributed by atoms with Crippen molar-refractivity contribution in [1.82, 2.24) is 15.3 Å². The Balaban J connectivity index is 1.33. The van der Waals surface area contributed by atoms with Crippen LogP contribution in [0.15, 0.2) is 30.6 Å². The molecule has 1 fully saturated rings. The molecule has 1 N–H and O–H groups in total. The van der Waals surface area contributed by atoms with Crippen LogP contribution in [0.25, 0.3) is 0 Å². The summed E-state index contributed by atoms with van der Waals surface area (Å²) >= 11 is 0. The fourth-order valence-electron chi connectivity index (χ4n) is 3.31. The average molecular weight is 356 g/mol. The number of nitrogens with one attached hydrogen (secondary N) is 1. The van der Waals surface area contributed by atoms with Gasteiger partial charge in [-0.3, -0.25) is 0 Å². The topological polar surface area (TPSA) is 68.7 Å². The SMILES string of the molecule is COc1cccc2c1OCC(NCc1cnc(N3CCOCC3)nc1)C2. The first-order chi connectivity index (χ1) is 12.8. The lowest BCUT2D eigenvalue weighted by Gasteiger charge is -2.27. The average Bonchev–Trinajstić information content (AvgIpc) is 2.72. The second-order valence-electron chi connectivity index (χ2n) is 6.53. The highest BCUT2D eigenvalue weighted by atomic mass is 16.5. The van der Waals surface area contributed by atoms with E-state index in [4.69, 9.17) is 14.2 Å². The van der Waals surface area contributed by atoms with E-state index < -0.39 is 0 Å². The summed E-state index contributed by atoms with van der Waals surface area (Å²) in [6.07, 6.45) is 4.70. The minimum absolute atomic E-state index is 0.258. The smallest absolute Gasteiger partial charge is 0.225 e. The minimum Gasteiger partial charge on any atom is -0.493 e. The largest absolute Gasteiger partial charge is 0.493 e. The fraction of sp³-hybridized carbons (Fsp3) is 0.474. The Kier molecular flexibility index (Phi) is 5.17. The number of fused-ring (bicyclic) bond motifs is 1. The number of ether oxygens (including phenoxy) is 3. The van der Waals surface area contributed by atoms with Gasteiger partial charge in [0.25, 0.3) is 0 Å². The zero-order chi connectivity index (χ0) is 17.8. The summed E-state index contributed by atoms with van der Waals surface area (Å²) in [5.41, 5.74) is 2.24. The summed E-state index contributed by atoms with van der Waals surface area (Å²) in [7, 11) is 1.67. The van der Waals surface area contributed by atoms with Crippen LogP contribution in [-0.4, -0.2) is 56.0 Å². The molecular formula is C19H24N4O3. The molecule has 2 aliphatic heterocycles. The van der Waals surface area contributed by atoms with Crippen LogP contribution in [-0.2, 0) is 17.7 Å². The van der Waals surface area contributed by atoms with Gasteiger partial charge in [-0.2, -0.15) is 0 Å². The molecule has 0 amide bonds. The first kappa shape index (κ1) is 17.1. The Morgan fingerprint density at radius 3 is 2.81 bits per heavy atom. The quantitative estimate of drug-likeness (QED) is 0.869. The maximum Gasteiger partial charge on any atom is 0.225 e. The first-order valence-corrected chi connectivity index (χ1v) is 8.99. The van der Waals surface area contributed by atoms with Gasteiger partial charge in [0.15, 0.2) is 11.5 Å². The molecule has 0 bridgehead atoms. The van der Waals surface area contributed by atoms with Gasteiger partial charge < -0.3 is 24.4 Å². The molecule has 0 spiro atoms. The number of methoxy groups -OCH3 is 1. The zero-order valence-corrected chi connectivity index (χ0v) is 15.0. The second kappa shape index (κ2) is 7.88. The van der Waals surface area contributed by atoms with Crippen molar-refractivity contribution in [2.24, 2.45) is 0 Å². The van der Waals surface area contributed by atoms with Crippen molar-refractivity contribution in [3.8, 4) is 11.5 Å². The van der Waals surface area contributed by atoms with Crippen LogP contribution in [0.5, 0.6) is 11.5 Å². The Morgan fingerprint density at radius 1 is 1.23 bits per heavy atom. The molecule has 7 nitrogen and oxygen atoms in total. The molecule has 26 heavy (non-hydrogen) atoms.